The van der Waals surface area contributed by atoms with Crippen LogP contribution in [-0.4, -0.2) is 25.5 Å². The van der Waals surface area contributed by atoms with Gasteiger partial charge in [-0.15, -0.1) is 0 Å². The van der Waals surface area contributed by atoms with E-state index in [9.17, 15) is 9.59 Å². The lowest BCUT2D eigenvalue weighted by Crippen LogP contribution is -2.24. The molecule has 1 aliphatic rings. The minimum Gasteiger partial charge on any atom is -0.485 e. The van der Waals surface area contributed by atoms with Gasteiger partial charge in [0.15, 0.2) is 6.61 Å². The SMILES string of the molecule is CNC(=O)Nc1cc2c(cc1C)OCC2=O. The topological polar surface area (TPSA) is 67.4 Å². The fourth-order valence-corrected chi connectivity index (χ4v) is 1.56. The van der Waals surface area contributed by atoms with E-state index < -0.39 is 0 Å². The van der Waals surface area contributed by atoms with E-state index in [-0.39, 0.29) is 18.4 Å². The highest BCUT2D eigenvalue weighted by Crippen LogP contribution is 2.30. The van der Waals surface area contributed by atoms with Gasteiger partial charge in [0.25, 0.3) is 0 Å². The van der Waals surface area contributed by atoms with E-state index in [1.165, 1.54) is 7.05 Å². The Hall–Kier alpha value is -2.04. The number of anilines is 1. The van der Waals surface area contributed by atoms with E-state index in [0.29, 0.717) is 17.0 Å². The number of urea groups is 1. The maximum absolute atomic E-state index is 11.4. The molecule has 2 amide bonds. The van der Waals surface area contributed by atoms with Crippen LogP contribution in [0.25, 0.3) is 0 Å². The van der Waals surface area contributed by atoms with Crippen LogP contribution in [0.1, 0.15) is 15.9 Å². The fourth-order valence-electron chi connectivity index (χ4n) is 1.56. The van der Waals surface area contributed by atoms with Gasteiger partial charge >= 0.3 is 6.03 Å². The molecule has 0 fully saturated rings. The van der Waals surface area contributed by atoms with E-state index >= 15 is 0 Å². The standard InChI is InChI=1S/C11H12N2O3/c1-6-3-10-7(9(14)5-16-10)4-8(6)13-11(15)12-2/h3-4H,5H2,1-2H3,(H2,12,13,15). The monoisotopic (exact) mass is 220 g/mol. The average molecular weight is 220 g/mol. The predicted octanol–water partition coefficient (Wildman–Crippen LogP) is 1.32. The van der Waals surface area contributed by atoms with Crippen LogP contribution in [0.3, 0.4) is 0 Å². The van der Waals surface area contributed by atoms with Gasteiger partial charge in [0.1, 0.15) is 5.75 Å². The summed E-state index contributed by atoms with van der Waals surface area (Å²) in [5, 5.41) is 5.11. The van der Waals surface area contributed by atoms with Crippen LogP contribution in [0, 0.1) is 6.92 Å². The Morgan fingerprint density at radius 1 is 1.44 bits per heavy atom. The molecule has 84 valence electrons. The van der Waals surface area contributed by atoms with Crippen molar-refractivity contribution >= 4 is 17.5 Å². The molecule has 2 N–H and O–H groups in total. The third kappa shape index (κ3) is 1.71. The van der Waals surface area contributed by atoms with Gasteiger partial charge in [-0.3, -0.25) is 4.79 Å². The minimum atomic E-state index is -0.311. The highest BCUT2D eigenvalue weighted by Gasteiger charge is 2.22. The molecule has 2 rings (SSSR count). The number of Topliss-reactive ketones (excluding diaryl/α,β-unsaturated/α-hetero) is 1. The Morgan fingerprint density at radius 2 is 2.19 bits per heavy atom. The first kappa shape index (κ1) is 10.5. The van der Waals surface area contributed by atoms with Crippen molar-refractivity contribution in [3.63, 3.8) is 0 Å². The molecule has 1 heterocycles. The van der Waals surface area contributed by atoms with Gasteiger partial charge < -0.3 is 15.4 Å². The third-order valence-electron chi connectivity index (χ3n) is 2.46. The van der Waals surface area contributed by atoms with Gasteiger partial charge in [-0.05, 0) is 24.6 Å². The van der Waals surface area contributed by atoms with Crippen LogP contribution in [-0.2, 0) is 0 Å². The molecule has 0 atom stereocenters. The lowest BCUT2D eigenvalue weighted by atomic mass is 10.1. The summed E-state index contributed by atoms with van der Waals surface area (Å²) in [6.45, 7) is 1.93. The first-order chi connectivity index (χ1) is 7.61. The van der Waals surface area contributed by atoms with Crippen LogP contribution in [0.5, 0.6) is 5.75 Å². The normalized spacial score (nSPS) is 13.0. The van der Waals surface area contributed by atoms with Gasteiger partial charge in [-0.2, -0.15) is 0 Å². The molecular formula is C11H12N2O3. The van der Waals surface area contributed by atoms with E-state index in [1.807, 2.05) is 6.92 Å². The molecule has 5 nitrogen and oxygen atoms in total. The summed E-state index contributed by atoms with van der Waals surface area (Å²) < 4.78 is 5.20. The summed E-state index contributed by atoms with van der Waals surface area (Å²) in [5.41, 5.74) is 2.01. The van der Waals surface area contributed by atoms with E-state index in [1.54, 1.807) is 12.1 Å². The number of nitrogens with one attached hydrogen (secondary N) is 2. The van der Waals surface area contributed by atoms with Crippen LogP contribution in [0.15, 0.2) is 12.1 Å². The first-order valence-electron chi connectivity index (χ1n) is 4.91. The van der Waals surface area contributed by atoms with Crippen LogP contribution in [0.2, 0.25) is 0 Å². The van der Waals surface area contributed by atoms with Crippen LogP contribution in [0.4, 0.5) is 10.5 Å². The average Bonchev–Trinajstić information content (AvgIpc) is 2.61. The fraction of sp³-hybridized carbons (Fsp3) is 0.273. The number of hydrogen-bond donors (Lipinski definition) is 2. The minimum absolute atomic E-state index is 0.0602. The van der Waals surface area contributed by atoms with Crippen molar-refractivity contribution in [2.45, 2.75) is 6.92 Å². The van der Waals surface area contributed by atoms with Crippen molar-refractivity contribution in [2.24, 2.45) is 0 Å². The van der Waals surface area contributed by atoms with E-state index in [0.717, 1.165) is 5.56 Å². The number of benzene rings is 1. The summed E-state index contributed by atoms with van der Waals surface area (Å²) in [4.78, 5) is 22.6. The van der Waals surface area contributed by atoms with Crippen molar-refractivity contribution in [1.82, 2.24) is 5.32 Å². The molecule has 1 aromatic rings. The lowest BCUT2D eigenvalue weighted by molar-refractivity contribution is 0.0961. The van der Waals surface area contributed by atoms with Crippen molar-refractivity contribution in [1.29, 1.82) is 0 Å². The summed E-state index contributed by atoms with van der Waals surface area (Å²) in [7, 11) is 1.53. The maximum Gasteiger partial charge on any atom is 0.318 e. The molecular weight excluding hydrogens is 208 g/mol. The second-order valence-electron chi connectivity index (χ2n) is 3.58. The molecule has 0 saturated carbocycles. The Morgan fingerprint density at radius 3 is 2.88 bits per heavy atom. The molecule has 16 heavy (non-hydrogen) atoms. The summed E-state index contributed by atoms with van der Waals surface area (Å²) >= 11 is 0. The molecule has 0 spiro atoms. The highest BCUT2D eigenvalue weighted by molar-refractivity contribution is 6.04. The second-order valence-corrected chi connectivity index (χ2v) is 3.58. The highest BCUT2D eigenvalue weighted by atomic mass is 16.5. The van der Waals surface area contributed by atoms with Gasteiger partial charge in [0, 0.05) is 12.7 Å². The zero-order chi connectivity index (χ0) is 11.7. The molecule has 0 aromatic heterocycles. The van der Waals surface area contributed by atoms with E-state index in [2.05, 4.69) is 10.6 Å². The van der Waals surface area contributed by atoms with Crippen LogP contribution < -0.4 is 15.4 Å². The Labute approximate surface area is 92.8 Å². The maximum atomic E-state index is 11.4. The zero-order valence-corrected chi connectivity index (χ0v) is 9.09. The Kier molecular flexibility index (Phi) is 2.52. The predicted molar refractivity (Wildman–Crippen MR) is 59.1 cm³/mol. The van der Waals surface area contributed by atoms with Gasteiger partial charge in [-0.25, -0.2) is 4.79 Å². The summed E-state index contributed by atoms with van der Waals surface area (Å²) in [6.07, 6.45) is 0. The second kappa shape index (κ2) is 3.84. The smallest absolute Gasteiger partial charge is 0.318 e. The van der Waals surface area contributed by atoms with Gasteiger partial charge in [0.2, 0.25) is 5.78 Å². The molecule has 1 aliphatic heterocycles. The van der Waals surface area contributed by atoms with Gasteiger partial charge in [0.05, 0.1) is 5.56 Å². The van der Waals surface area contributed by atoms with E-state index in [4.69, 9.17) is 4.74 Å². The zero-order valence-electron chi connectivity index (χ0n) is 9.09. The van der Waals surface area contributed by atoms with Gasteiger partial charge in [-0.1, -0.05) is 0 Å². The number of amides is 2. The quantitative estimate of drug-likeness (QED) is 0.750. The Bertz CT molecular complexity index is 469. The number of aryl methyl sites for hydroxylation is 1. The van der Waals surface area contributed by atoms with Crippen molar-refractivity contribution in [3.8, 4) is 5.75 Å². The summed E-state index contributed by atoms with van der Waals surface area (Å²) in [5.74, 6) is 0.528. The molecule has 5 heteroatoms. The largest absolute Gasteiger partial charge is 0.485 e. The Balaban J connectivity index is 2.36. The number of carbonyl (C=O) groups is 2. The van der Waals surface area contributed by atoms with Crippen LogP contribution >= 0.6 is 0 Å². The van der Waals surface area contributed by atoms with Crippen molar-refractivity contribution in [3.05, 3.63) is 23.3 Å². The van der Waals surface area contributed by atoms with Crippen molar-refractivity contribution in [2.75, 3.05) is 19.0 Å². The number of ether oxygens (including phenoxy) is 1. The number of hydrogen-bond acceptors (Lipinski definition) is 3. The lowest BCUT2D eigenvalue weighted by Gasteiger charge is -2.09. The molecule has 0 radical (unpaired) electrons. The van der Waals surface area contributed by atoms with Crippen molar-refractivity contribution < 1.29 is 14.3 Å². The number of ketones is 1. The molecule has 1 aromatic carbocycles. The number of fused-ring (bicyclic) bond motifs is 1. The third-order valence-corrected chi connectivity index (χ3v) is 2.46. The molecule has 0 unspecified atom stereocenters. The summed E-state index contributed by atoms with van der Waals surface area (Å²) in [6, 6.07) is 3.09. The molecule has 0 saturated heterocycles. The number of carbonyl (C=O) groups excluding carboxylic acids is 2. The first-order valence-corrected chi connectivity index (χ1v) is 4.91. The number of rotatable bonds is 1. The molecule has 0 aliphatic carbocycles. The molecule has 0 bridgehead atoms.